The standard InChI is InChI=1S/C14H15N3O/c1-10-6-8-11(9-7-10)16-14(18)12-4-3-5-13(15-2)17-12/h3-9H,1-2H3,(H,15,17)(H,16,18). The number of aryl methyl sites for hydroxylation is 1. The number of nitrogens with one attached hydrogen (secondary N) is 2. The lowest BCUT2D eigenvalue weighted by molar-refractivity contribution is 0.102. The largest absolute Gasteiger partial charge is 0.373 e. The molecule has 1 aromatic heterocycles. The Kier molecular flexibility index (Phi) is 3.57. The molecule has 2 N–H and O–H groups in total. The molecule has 0 spiro atoms. The second-order valence-corrected chi connectivity index (χ2v) is 3.98. The predicted molar refractivity (Wildman–Crippen MR) is 72.9 cm³/mol. The molecule has 0 unspecified atom stereocenters. The highest BCUT2D eigenvalue weighted by atomic mass is 16.1. The van der Waals surface area contributed by atoms with Crippen LogP contribution < -0.4 is 10.6 Å². The number of amides is 1. The van der Waals surface area contributed by atoms with Crippen molar-refractivity contribution in [2.75, 3.05) is 17.7 Å². The molecule has 0 radical (unpaired) electrons. The lowest BCUT2D eigenvalue weighted by Gasteiger charge is -2.06. The molecule has 0 saturated carbocycles. The van der Waals surface area contributed by atoms with Gasteiger partial charge in [-0.2, -0.15) is 0 Å². The molecule has 92 valence electrons. The average molecular weight is 241 g/mol. The summed E-state index contributed by atoms with van der Waals surface area (Å²) in [5.41, 5.74) is 2.31. The van der Waals surface area contributed by atoms with Gasteiger partial charge in [0.15, 0.2) is 0 Å². The van der Waals surface area contributed by atoms with E-state index in [0.29, 0.717) is 11.5 Å². The van der Waals surface area contributed by atoms with E-state index >= 15 is 0 Å². The number of pyridine rings is 1. The molecule has 4 heteroatoms. The van der Waals surface area contributed by atoms with Crippen molar-refractivity contribution >= 4 is 17.4 Å². The smallest absolute Gasteiger partial charge is 0.274 e. The normalized spacial score (nSPS) is 9.89. The fourth-order valence-corrected chi connectivity index (χ4v) is 1.53. The Bertz CT molecular complexity index is 549. The summed E-state index contributed by atoms with van der Waals surface area (Å²) in [4.78, 5) is 16.1. The highest BCUT2D eigenvalue weighted by Crippen LogP contribution is 2.11. The van der Waals surface area contributed by atoms with Gasteiger partial charge in [-0.05, 0) is 31.2 Å². The third-order valence-corrected chi connectivity index (χ3v) is 2.55. The number of aromatic nitrogens is 1. The fourth-order valence-electron chi connectivity index (χ4n) is 1.53. The van der Waals surface area contributed by atoms with Gasteiger partial charge in [-0.25, -0.2) is 4.98 Å². The van der Waals surface area contributed by atoms with Crippen LogP contribution >= 0.6 is 0 Å². The van der Waals surface area contributed by atoms with Crippen LogP contribution in [0.2, 0.25) is 0 Å². The topological polar surface area (TPSA) is 54.0 Å². The van der Waals surface area contributed by atoms with E-state index in [9.17, 15) is 4.79 Å². The van der Waals surface area contributed by atoms with E-state index in [1.54, 1.807) is 19.2 Å². The second kappa shape index (κ2) is 5.31. The maximum atomic E-state index is 12.0. The molecule has 0 aliphatic heterocycles. The Morgan fingerprint density at radius 1 is 1.11 bits per heavy atom. The van der Waals surface area contributed by atoms with E-state index in [1.807, 2.05) is 37.3 Å². The molecular weight excluding hydrogens is 226 g/mol. The zero-order valence-corrected chi connectivity index (χ0v) is 10.4. The number of hydrogen-bond acceptors (Lipinski definition) is 3. The molecule has 0 atom stereocenters. The number of hydrogen-bond donors (Lipinski definition) is 2. The van der Waals surface area contributed by atoms with Gasteiger partial charge in [0, 0.05) is 12.7 Å². The molecule has 0 aliphatic rings. The predicted octanol–water partition coefficient (Wildman–Crippen LogP) is 2.68. The van der Waals surface area contributed by atoms with E-state index in [-0.39, 0.29) is 5.91 Å². The zero-order chi connectivity index (χ0) is 13.0. The number of rotatable bonds is 3. The third-order valence-electron chi connectivity index (χ3n) is 2.55. The number of anilines is 2. The van der Waals surface area contributed by atoms with E-state index in [1.165, 1.54) is 0 Å². The molecule has 1 amide bonds. The maximum absolute atomic E-state index is 12.0. The molecule has 4 nitrogen and oxygen atoms in total. The lowest BCUT2D eigenvalue weighted by atomic mass is 10.2. The average Bonchev–Trinajstić information content (AvgIpc) is 2.41. The summed E-state index contributed by atoms with van der Waals surface area (Å²) >= 11 is 0. The first kappa shape index (κ1) is 12.1. The summed E-state index contributed by atoms with van der Waals surface area (Å²) < 4.78 is 0. The van der Waals surface area contributed by atoms with E-state index in [0.717, 1.165) is 11.3 Å². The third kappa shape index (κ3) is 2.85. The molecule has 18 heavy (non-hydrogen) atoms. The van der Waals surface area contributed by atoms with Crippen molar-refractivity contribution in [1.82, 2.24) is 4.98 Å². The van der Waals surface area contributed by atoms with Crippen LogP contribution in [-0.2, 0) is 0 Å². The molecule has 1 heterocycles. The van der Waals surface area contributed by atoms with Gasteiger partial charge < -0.3 is 10.6 Å². The first-order valence-corrected chi connectivity index (χ1v) is 5.72. The summed E-state index contributed by atoms with van der Waals surface area (Å²) in [5.74, 6) is 0.461. The van der Waals surface area contributed by atoms with Crippen LogP contribution in [-0.4, -0.2) is 17.9 Å². The molecule has 1 aromatic carbocycles. The first-order valence-electron chi connectivity index (χ1n) is 5.72. The van der Waals surface area contributed by atoms with Crippen LogP contribution in [0.1, 0.15) is 16.1 Å². The van der Waals surface area contributed by atoms with Crippen molar-refractivity contribution in [3.05, 3.63) is 53.7 Å². The van der Waals surface area contributed by atoms with Crippen molar-refractivity contribution in [1.29, 1.82) is 0 Å². The highest BCUT2D eigenvalue weighted by molar-refractivity contribution is 6.03. The Labute approximate surface area is 106 Å². The minimum atomic E-state index is -0.212. The summed E-state index contributed by atoms with van der Waals surface area (Å²) in [7, 11) is 1.77. The molecule has 0 bridgehead atoms. The first-order chi connectivity index (χ1) is 8.69. The van der Waals surface area contributed by atoms with Gasteiger partial charge in [0.1, 0.15) is 11.5 Å². The van der Waals surface area contributed by atoms with Crippen LogP contribution in [0.15, 0.2) is 42.5 Å². The monoisotopic (exact) mass is 241 g/mol. The van der Waals surface area contributed by atoms with Crippen molar-refractivity contribution < 1.29 is 4.79 Å². The van der Waals surface area contributed by atoms with Crippen LogP contribution in [0.3, 0.4) is 0 Å². The Morgan fingerprint density at radius 2 is 1.83 bits per heavy atom. The van der Waals surface area contributed by atoms with Gasteiger partial charge in [-0.3, -0.25) is 4.79 Å². The van der Waals surface area contributed by atoms with Crippen LogP contribution in [0.5, 0.6) is 0 Å². The van der Waals surface area contributed by atoms with Gasteiger partial charge >= 0.3 is 0 Å². The number of carbonyl (C=O) groups excluding carboxylic acids is 1. The van der Waals surface area contributed by atoms with Gasteiger partial charge in [-0.1, -0.05) is 23.8 Å². The Morgan fingerprint density at radius 3 is 2.50 bits per heavy atom. The highest BCUT2D eigenvalue weighted by Gasteiger charge is 2.07. The fraction of sp³-hybridized carbons (Fsp3) is 0.143. The van der Waals surface area contributed by atoms with Crippen molar-refractivity contribution in [2.45, 2.75) is 6.92 Å². The van der Waals surface area contributed by atoms with E-state index in [2.05, 4.69) is 15.6 Å². The Balaban J connectivity index is 2.14. The Hall–Kier alpha value is -2.36. The minimum absolute atomic E-state index is 0.212. The van der Waals surface area contributed by atoms with Crippen molar-refractivity contribution in [3.63, 3.8) is 0 Å². The second-order valence-electron chi connectivity index (χ2n) is 3.98. The number of carbonyl (C=O) groups is 1. The quantitative estimate of drug-likeness (QED) is 0.868. The molecule has 2 rings (SSSR count). The van der Waals surface area contributed by atoms with E-state index < -0.39 is 0 Å². The molecule has 2 aromatic rings. The SMILES string of the molecule is CNc1cccc(C(=O)Nc2ccc(C)cc2)n1. The zero-order valence-electron chi connectivity index (χ0n) is 10.4. The van der Waals surface area contributed by atoms with E-state index in [4.69, 9.17) is 0 Å². The van der Waals surface area contributed by atoms with Gasteiger partial charge in [-0.15, -0.1) is 0 Å². The van der Waals surface area contributed by atoms with Crippen molar-refractivity contribution in [3.8, 4) is 0 Å². The summed E-state index contributed by atoms with van der Waals surface area (Å²) in [5, 5.41) is 5.71. The van der Waals surface area contributed by atoms with Crippen LogP contribution in [0.25, 0.3) is 0 Å². The minimum Gasteiger partial charge on any atom is -0.373 e. The van der Waals surface area contributed by atoms with Crippen LogP contribution in [0.4, 0.5) is 11.5 Å². The van der Waals surface area contributed by atoms with Crippen molar-refractivity contribution in [2.24, 2.45) is 0 Å². The number of nitrogens with zero attached hydrogens (tertiary/aromatic N) is 1. The molecular formula is C14H15N3O. The van der Waals surface area contributed by atoms with Gasteiger partial charge in [0.05, 0.1) is 0 Å². The number of benzene rings is 1. The molecule has 0 fully saturated rings. The maximum Gasteiger partial charge on any atom is 0.274 e. The summed E-state index contributed by atoms with van der Waals surface area (Å²) in [6, 6.07) is 12.9. The molecule has 0 saturated heterocycles. The summed E-state index contributed by atoms with van der Waals surface area (Å²) in [6.07, 6.45) is 0. The summed E-state index contributed by atoms with van der Waals surface area (Å²) in [6.45, 7) is 2.00. The molecule has 0 aliphatic carbocycles. The van der Waals surface area contributed by atoms with Crippen LogP contribution in [0, 0.1) is 6.92 Å². The van der Waals surface area contributed by atoms with Gasteiger partial charge in [0.2, 0.25) is 0 Å². The van der Waals surface area contributed by atoms with Gasteiger partial charge in [0.25, 0.3) is 5.91 Å². The lowest BCUT2D eigenvalue weighted by Crippen LogP contribution is -2.14.